The number of carboxylic acids is 1. The molecule has 19 heavy (non-hydrogen) atoms. The van der Waals surface area contributed by atoms with E-state index in [0.29, 0.717) is 0 Å². The van der Waals surface area contributed by atoms with Crippen LogP contribution in [0, 0.1) is 10.1 Å². The summed E-state index contributed by atoms with van der Waals surface area (Å²) < 4.78 is 1.57. The molecule has 0 atom stereocenters. The Balaban J connectivity index is 2.29. The number of likely N-dealkylation sites (N-methyl/N-ethyl adjacent to an activating group) is 1. The van der Waals surface area contributed by atoms with E-state index in [1.807, 2.05) is 0 Å². The first kappa shape index (κ1) is 13.1. The summed E-state index contributed by atoms with van der Waals surface area (Å²) in [4.78, 5) is 33.9. The first-order valence-corrected chi connectivity index (χ1v) is 5.73. The molecular weight excluding hydrogens is 254 g/mol. The van der Waals surface area contributed by atoms with Gasteiger partial charge < -0.3 is 14.6 Å². The summed E-state index contributed by atoms with van der Waals surface area (Å²) in [7, 11) is 1.35. The third-order valence-electron chi connectivity index (χ3n) is 2.92. The molecule has 0 bridgehead atoms. The summed E-state index contributed by atoms with van der Waals surface area (Å²) in [5.41, 5.74) is 0.0110. The van der Waals surface area contributed by atoms with Gasteiger partial charge in [0.15, 0.2) is 0 Å². The zero-order chi connectivity index (χ0) is 14.2. The number of aliphatic carboxylic acids is 1. The Morgan fingerprint density at radius 1 is 1.58 bits per heavy atom. The van der Waals surface area contributed by atoms with Gasteiger partial charge in [0.2, 0.25) is 0 Å². The molecule has 1 fully saturated rings. The van der Waals surface area contributed by atoms with Gasteiger partial charge in [-0.1, -0.05) is 0 Å². The van der Waals surface area contributed by atoms with Crippen molar-refractivity contribution >= 4 is 17.6 Å². The number of aromatic nitrogens is 1. The second-order valence-electron chi connectivity index (χ2n) is 4.53. The zero-order valence-electron chi connectivity index (χ0n) is 10.3. The summed E-state index contributed by atoms with van der Waals surface area (Å²) in [6.07, 6.45) is 3.07. The minimum Gasteiger partial charge on any atom is -0.480 e. The third-order valence-corrected chi connectivity index (χ3v) is 2.92. The molecule has 0 spiro atoms. The Morgan fingerprint density at radius 2 is 2.21 bits per heavy atom. The van der Waals surface area contributed by atoms with Crippen LogP contribution in [-0.4, -0.2) is 45.0 Å². The molecule has 1 aliphatic rings. The molecule has 1 amide bonds. The van der Waals surface area contributed by atoms with Gasteiger partial charge in [-0.15, -0.1) is 0 Å². The predicted molar refractivity (Wildman–Crippen MR) is 64.0 cm³/mol. The van der Waals surface area contributed by atoms with Gasteiger partial charge in [-0.05, 0) is 12.8 Å². The third kappa shape index (κ3) is 2.72. The average molecular weight is 267 g/mol. The number of nitrogens with zero attached hydrogens (tertiary/aromatic N) is 3. The van der Waals surface area contributed by atoms with Crippen molar-refractivity contribution < 1.29 is 19.6 Å². The molecule has 1 aromatic heterocycles. The van der Waals surface area contributed by atoms with Gasteiger partial charge in [-0.3, -0.25) is 19.7 Å². The van der Waals surface area contributed by atoms with E-state index in [4.69, 9.17) is 5.11 Å². The molecular formula is C11H13N3O5. The monoisotopic (exact) mass is 267 g/mol. The van der Waals surface area contributed by atoms with Gasteiger partial charge >= 0.3 is 5.97 Å². The van der Waals surface area contributed by atoms with E-state index in [0.717, 1.165) is 17.7 Å². The lowest BCUT2D eigenvalue weighted by Gasteiger charge is -2.15. The van der Waals surface area contributed by atoms with E-state index >= 15 is 0 Å². The van der Waals surface area contributed by atoms with Crippen LogP contribution >= 0.6 is 0 Å². The van der Waals surface area contributed by atoms with Crippen LogP contribution in [0.3, 0.4) is 0 Å². The second-order valence-corrected chi connectivity index (χ2v) is 4.53. The summed E-state index contributed by atoms with van der Waals surface area (Å²) in [5, 5.41) is 19.4. The Hall–Kier alpha value is -2.38. The van der Waals surface area contributed by atoms with E-state index in [2.05, 4.69) is 0 Å². The highest BCUT2D eigenvalue weighted by atomic mass is 16.6. The minimum atomic E-state index is -1.13. The summed E-state index contributed by atoms with van der Waals surface area (Å²) in [5.74, 6) is -1.66. The molecule has 1 saturated carbocycles. The molecule has 0 aromatic carbocycles. The lowest BCUT2D eigenvalue weighted by molar-refractivity contribution is -0.384. The molecule has 1 aromatic rings. The maximum absolute atomic E-state index is 12.1. The smallest absolute Gasteiger partial charge is 0.323 e. The fourth-order valence-corrected chi connectivity index (χ4v) is 1.86. The molecule has 8 heteroatoms. The van der Waals surface area contributed by atoms with Crippen molar-refractivity contribution in [2.75, 3.05) is 13.6 Å². The first-order chi connectivity index (χ1) is 8.90. The van der Waals surface area contributed by atoms with Crippen LogP contribution in [0.15, 0.2) is 12.3 Å². The van der Waals surface area contributed by atoms with Gasteiger partial charge in [0.05, 0.1) is 11.1 Å². The normalized spacial score (nSPS) is 14.2. The van der Waals surface area contributed by atoms with Crippen LogP contribution in [0.5, 0.6) is 0 Å². The predicted octanol–water partition coefficient (Wildman–Crippen LogP) is 0.888. The van der Waals surface area contributed by atoms with E-state index < -0.39 is 23.3 Å². The van der Waals surface area contributed by atoms with Crippen molar-refractivity contribution in [3.8, 4) is 0 Å². The summed E-state index contributed by atoms with van der Waals surface area (Å²) in [6.45, 7) is -0.442. The van der Waals surface area contributed by atoms with E-state index in [9.17, 15) is 19.7 Å². The molecule has 1 heterocycles. The zero-order valence-corrected chi connectivity index (χ0v) is 10.3. The number of carbonyl (C=O) groups is 2. The number of carbonyl (C=O) groups excluding carboxylic acids is 1. The van der Waals surface area contributed by atoms with Crippen LogP contribution < -0.4 is 0 Å². The van der Waals surface area contributed by atoms with Crippen LogP contribution in [0.25, 0.3) is 0 Å². The number of amides is 1. The van der Waals surface area contributed by atoms with E-state index in [-0.39, 0.29) is 17.4 Å². The highest BCUT2D eigenvalue weighted by Crippen LogP contribution is 2.38. The van der Waals surface area contributed by atoms with Crippen molar-refractivity contribution in [2.45, 2.75) is 18.9 Å². The summed E-state index contributed by atoms with van der Waals surface area (Å²) in [6, 6.07) is 1.30. The molecule has 0 unspecified atom stereocenters. The summed E-state index contributed by atoms with van der Waals surface area (Å²) >= 11 is 0. The van der Waals surface area contributed by atoms with Crippen LogP contribution in [0.1, 0.15) is 29.4 Å². The standard InChI is InChI=1S/C11H13N3O5/c1-12(6-10(15)16)11(17)9-4-8(14(18)19)5-13(9)7-2-3-7/h4-5,7H,2-3,6H2,1H3,(H,15,16). The molecule has 0 saturated heterocycles. The van der Waals surface area contributed by atoms with Crippen molar-refractivity contribution in [2.24, 2.45) is 0 Å². The van der Waals surface area contributed by atoms with Crippen LogP contribution in [0.2, 0.25) is 0 Å². The van der Waals surface area contributed by atoms with E-state index in [1.165, 1.54) is 19.3 Å². The highest BCUT2D eigenvalue weighted by Gasteiger charge is 2.31. The topological polar surface area (TPSA) is 106 Å². The van der Waals surface area contributed by atoms with Crippen LogP contribution in [0.4, 0.5) is 5.69 Å². The first-order valence-electron chi connectivity index (χ1n) is 5.73. The highest BCUT2D eigenvalue weighted by molar-refractivity contribution is 5.95. The molecule has 1 N–H and O–H groups in total. The number of hydrogen-bond acceptors (Lipinski definition) is 4. The average Bonchev–Trinajstić information content (AvgIpc) is 3.06. The van der Waals surface area contributed by atoms with Crippen molar-refractivity contribution in [3.05, 3.63) is 28.1 Å². The van der Waals surface area contributed by atoms with Crippen molar-refractivity contribution in [1.82, 2.24) is 9.47 Å². The maximum atomic E-state index is 12.1. The largest absolute Gasteiger partial charge is 0.480 e. The molecule has 0 radical (unpaired) electrons. The Labute approximate surface area is 108 Å². The second kappa shape index (κ2) is 4.71. The van der Waals surface area contributed by atoms with Crippen molar-refractivity contribution in [3.63, 3.8) is 0 Å². The molecule has 0 aliphatic heterocycles. The number of nitro groups is 1. The molecule has 2 rings (SSSR count). The lowest BCUT2D eigenvalue weighted by Crippen LogP contribution is -2.33. The van der Waals surface area contributed by atoms with Crippen LogP contribution in [-0.2, 0) is 4.79 Å². The Bertz CT molecular complexity index is 547. The van der Waals surface area contributed by atoms with Gasteiger partial charge in [0.25, 0.3) is 11.6 Å². The maximum Gasteiger partial charge on any atom is 0.323 e. The number of rotatable bonds is 5. The van der Waals surface area contributed by atoms with Gasteiger partial charge in [-0.25, -0.2) is 0 Å². The molecule has 102 valence electrons. The number of hydrogen-bond donors (Lipinski definition) is 1. The van der Waals surface area contributed by atoms with Gasteiger partial charge in [0.1, 0.15) is 12.2 Å². The van der Waals surface area contributed by atoms with Gasteiger partial charge in [-0.2, -0.15) is 0 Å². The van der Waals surface area contributed by atoms with E-state index in [1.54, 1.807) is 4.57 Å². The lowest BCUT2D eigenvalue weighted by atomic mass is 10.3. The fourth-order valence-electron chi connectivity index (χ4n) is 1.86. The molecule has 1 aliphatic carbocycles. The minimum absolute atomic E-state index is 0.103. The SMILES string of the molecule is CN(CC(=O)O)C(=O)c1cc([N+](=O)[O-])cn1C1CC1. The van der Waals surface area contributed by atoms with Crippen molar-refractivity contribution in [1.29, 1.82) is 0 Å². The quantitative estimate of drug-likeness (QED) is 0.629. The van der Waals surface area contributed by atoms with Gasteiger partial charge in [0, 0.05) is 19.2 Å². The number of carboxylic acid groups (broad SMARTS) is 1. The fraction of sp³-hybridized carbons (Fsp3) is 0.455. The Morgan fingerprint density at radius 3 is 2.68 bits per heavy atom. The molecule has 8 nitrogen and oxygen atoms in total. The Kier molecular flexibility index (Phi) is 3.24.